The largest absolute Gasteiger partial charge is 0.493 e. The molecule has 0 aliphatic rings. The van der Waals surface area contributed by atoms with Crippen molar-refractivity contribution in [1.82, 2.24) is 5.43 Å². The number of amides is 1. The Labute approximate surface area is 205 Å². The molecule has 3 rings (SSSR count). The Kier molecular flexibility index (Phi) is 8.26. The standard InChI is InChI=1S/C25H23BrN2O6/c1-15-5-7-16(8-6-15)25(30)34-20-10-9-19(26)11-18(20)14-27-28-24(29)17-12-21(31-2)23(33-4)22(13-17)32-3/h5-14H,1-4H3,(H,28,29). The molecule has 8 nitrogen and oxygen atoms in total. The van der Waals surface area contributed by atoms with E-state index >= 15 is 0 Å². The highest BCUT2D eigenvalue weighted by Crippen LogP contribution is 2.38. The number of nitrogens with zero attached hydrogens (tertiary/aromatic N) is 1. The van der Waals surface area contributed by atoms with Gasteiger partial charge in [0.1, 0.15) is 5.75 Å². The molecule has 0 aliphatic carbocycles. The highest BCUT2D eigenvalue weighted by molar-refractivity contribution is 9.10. The first-order valence-electron chi connectivity index (χ1n) is 10.1. The molecule has 0 saturated carbocycles. The van der Waals surface area contributed by atoms with Crippen molar-refractivity contribution in [2.75, 3.05) is 21.3 Å². The van der Waals surface area contributed by atoms with Gasteiger partial charge in [-0.25, -0.2) is 10.2 Å². The fraction of sp³-hybridized carbons (Fsp3) is 0.160. The molecule has 0 bridgehead atoms. The Morgan fingerprint density at radius 3 is 2.09 bits per heavy atom. The minimum Gasteiger partial charge on any atom is -0.493 e. The van der Waals surface area contributed by atoms with Crippen molar-refractivity contribution in [2.24, 2.45) is 5.10 Å². The van der Waals surface area contributed by atoms with Crippen LogP contribution >= 0.6 is 15.9 Å². The van der Waals surface area contributed by atoms with Gasteiger partial charge in [-0.3, -0.25) is 4.79 Å². The number of hydrogen-bond donors (Lipinski definition) is 1. The SMILES string of the molecule is COc1cc(C(=O)NN=Cc2cc(Br)ccc2OC(=O)c2ccc(C)cc2)cc(OC)c1OC. The van der Waals surface area contributed by atoms with E-state index in [9.17, 15) is 9.59 Å². The number of esters is 1. The average Bonchev–Trinajstić information content (AvgIpc) is 2.84. The number of hydrogen-bond acceptors (Lipinski definition) is 7. The monoisotopic (exact) mass is 526 g/mol. The number of rotatable bonds is 8. The summed E-state index contributed by atoms with van der Waals surface area (Å²) in [5.41, 5.74) is 4.65. The molecule has 0 aliphatic heterocycles. The molecule has 34 heavy (non-hydrogen) atoms. The molecule has 1 amide bonds. The van der Waals surface area contributed by atoms with Crippen molar-refractivity contribution < 1.29 is 28.5 Å². The molecular weight excluding hydrogens is 504 g/mol. The van der Waals surface area contributed by atoms with Crippen molar-refractivity contribution in [3.05, 3.63) is 81.3 Å². The number of benzene rings is 3. The maximum Gasteiger partial charge on any atom is 0.343 e. The van der Waals surface area contributed by atoms with Crippen LogP contribution in [-0.2, 0) is 0 Å². The highest BCUT2D eigenvalue weighted by Gasteiger charge is 2.17. The molecule has 176 valence electrons. The molecular formula is C25H23BrN2O6. The van der Waals surface area contributed by atoms with Gasteiger partial charge in [0, 0.05) is 15.6 Å². The summed E-state index contributed by atoms with van der Waals surface area (Å²) in [4.78, 5) is 25.2. The van der Waals surface area contributed by atoms with Gasteiger partial charge in [0.15, 0.2) is 11.5 Å². The third-order valence-corrected chi connectivity index (χ3v) is 5.25. The van der Waals surface area contributed by atoms with Gasteiger partial charge in [0.2, 0.25) is 5.75 Å². The summed E-state index contributed by atoms with van der Waals surface area (Å²) in [5.74, 6) is 0.350. The van der Waals surface area contributed by atoms with E-state index in [2.05, 4.69) is 26.5 Å². The fourth-order valence-corrected chi connectivity index (χ4v) is 3.38. The van der Waals surface area contributed by atoms with Crippen molar-refractivity contribution in [3.8, 4) is 23.0 Å². The van der Waals surface area contributed by atoms with Crippen LogP contribution in [0.15, 0.2) is 64.2 Å². The molecule has 0 atom stereocenters. The highest BCUT2D eigenvalue weighted by atomic mass is 79.9. The van der Waals surface area contributed by atoms with Crippen LogP contribution in [0.25, 0.3) is 0 Å². The number of ether oxygens (including phenoxy) is 4. The van der Waals surface area contributed by atoms with Gasteiger partial charge < -0.3 is 18.9 Å². The van der Waals surface area contributed by atoms with Crippen LogP contribution in [0, 0.1) is 6.92 Å². The van der Waals surface area contributed by atoms with Crippen molar-refractivity contribution in [2.45, 2.75) is 6.92 Å². The van der Waals surface area contributed by atoms with Crippen LogP contribution in [0.2, 0.25) is 0 Å². The molecule has 9 heteroatoms. The second-order valence-electron chi connectivity index (χ2n) is 7.05. The van der Waals surface area contributed by atoms with Crippen LogP contribution in [-0.4, -0.2) is 39.4 Å². The summed E-state index contributed by atoms with van der Waals surface area (Å²) >= 11 is 3.39. The Morgan fingerprint density at radius 1 is 0.853 bits per heavy atom. The molecule has 3 aromatic carbocycles. The van der Waals surface area contributed by atoms with E-state index in [4.69, 9.17) is 18.9 Å². The van der Waals surface area contributed by atoms with Gasteiger partial charge in [0.25, 0.3) is 5.91 Å². The summed E-state index contributed by atoms with van der Waals surface area (Å²) in [5, 5.41) is 4.02. The maximum absolute atomic E-state index is 12.6. The normalized spacial score (nSPS) is 10.6. The topological polar surface area (TPSA) is 95.5 Å². The number of methoxy groups -OCH3 is 3. The van der Waals surface area contributed by atoms with Crippen LogP contribution in [0.5, 0.6) is 23.0 Å². The average molecular weight is 527 g/mol. The third-order valence-electron chi connectivity index (χ3n) is 4.76. The molecule has 0 spiro atoms. The first kappa shape index (κ1) is 24.8. The molecule has 0 unspecified atom stereocenters. The summed E-state index contributed by atoms with van der Waals surface area (Å²) < 4.78 is 22.1. The Balaban J connectivity index is 1.78. The zero-order valence-corrected chi connectivity index (χ0v) is 20.6. The number of aryl methyl sites for hydroxylation is 1. The fourth-order valence-electron chi connectivity index (χ4n) is 3.00. The van der Waals surface area contributed by atoms with Crippen LogP contribution in [0.3, 0.4) is 0 Å². The van der Waals surface area contributed by atoms with Gasteiger partial charge in [-0.05, 0) is 49.4 Å². The summed E-state index contributed by atoms with van der Waals surface area (Å²) in [6.45, 7) is 1.94. The smallest absolute Gasteiger partial charge is 0.343 e. The minimum atomic E-state index is -0.501. The van der Waals surface area contributed by atoms with E-state index in [0.29, 0.717) is 34.1 Å². The van der Waals surface area contributed by atoms with Gasteiger partial charge in [0.05, 0.1) is 33.1 Å². The van der Waals surface area contributed by atoms with E-state index < -0.39 is 11.9 Å². The Hall–Kier alpha value is -3.85. The number of halogens is 1. The lowest BCUT2D eigenvalue weighted by Gasteiger charge is -2.13. The molecule has 3 aromatic rings. The van der Waals surface area contributed by atoms with Crippen molar-refractivity contribution >= 4 is 34.0 Å². The van der Waals surface area contributed by atoms with Crippen molar-refractivity contribution in [1.29, 1.82) is 0 Å². The Bertz CT molecular complexity index is 1200. The van der Waals surface area contributed by atoms with E-state index in [0.717, 1.165) is 10.0 Å². The molecule has 0 aromatic heterocycles. The minimum absolute atomic E-state index is 0.256. The zero-order chi connectivity index (χ0) is 24.7. The quantitative estimate of drug-likeness (QED) is 0.196. The lowest BCUT2D eigenvalue weighted by atomic mass is 10.1. The predicted octanol–water partition coefficient (Wildman–Crippen LogP) is 4.77. The van der Waals surface area contributed by atoms with Crippen LogP contribution in [0.4, 0.5) is 0 Å². The maximum atomic E-state index is 12.6. The van der Waals surface area contributed by atoms with E-state index in [1.54, 1.807) is 30.3 Å². The van der Waals surface area contributed by atoms with Gasteiger partial charge in [-0.15, -0.1) is 0 Å². The van der Waals surface area contributed by atoms with E-state index in [1.165, 1.54) is 39.7 Å². The van der Waals surface area contributed by atoms with E-state index in [1.807, 2.05) is 19.1 Å². The number of carbonyl (C=O) groups excluding carboxylic acids is 2. The molecule has 1 N–H and O–H groups in total. The third kappa shape index (κ3) is 5.93. The molecule has 0 saturated heterocycles. The number of nitrogens with one attached hydrogen (secondary N) is 1. The first-order valence-corrected chi connectivity index (χ1v) is 10.9. The summed E-state index contributed by atoms with van der Waals surface area (Å²) in [6, 6.07) is 15.2. The molecule has 0 fully saturated rings. The second-order valence-corrected chi connectivity index (χ2v) is 7.97. The van der Waals surface area contributed by atoms with Gasteiger partial charge >= 0.3 is 5.97 Å². The number of carbonyl (C=O) groups is 2. The van der Waals surface area contributed by atoms with Gasteiger partial charge in [-0.1, -0.05) is 33.6 Å². The zero-order valence-electron chi connectivity index (χ0n) is 19.0. The summed E-state index contributed by atoms with van der Waals surface area (Å²) in [6.07, 6.45) is 1.39. The first-order chi connectivity index (χ1) is 16.4. The predicted molar refractivity (Wildman–Crippen MR) is 131 cm³/mol. The lowest BCUT2D eigenvalue weighted by Crippen LogP contribution is -2.18. The van der Waals surface area contributed by atoms with Crippen LogP contribution < -0.4 is 24.4 Å². The summed E-state index contributed by atoms with van der Waals surface area (Å²) in [7, 11) is 4.40. The van der Waals surface area contributed by atoms with Crippen LogP contribution in [0.1, 0.15) is 31.8 Å². The van der Waals surface area contributed by atoms with E-state index in [-0.39, 0.29) is 5.56 Å². The lowest BCUT2D eigenvalue weighted by molar-refractivity contribution is 0.0734. The molecule has 0 radical (unpaired) electrons. The van der Waals surface area contributed by atoms with Gasteiger partial charge in [-0.2, -0.15) is 5.10 Å². The number of hydrazone groups is 1. The second kappa shape index (κ2) is 11.3. The van der Waals surface area contributed by atoms with Crippen molar-refractivity contribution in [3.63, 3.8) is 0 Å². The molecule has 0 heterocycles. The Morgan fingerprint density at radius 2 is 1.50 bits per heavy atom.